The SMILES string of the molecule is NC(=O)CC1CCN(C(=O)c2ccc(-c3ccc(F)cc3)o2)CC1. The number of amides is 2. The fraction of sp³-hybridized carbons (Fsp3) is 0.333. The van der Waals surface area contributed by atoms with E-state index in [-0.39, 0.29) is 29.3 Å². The lowest BCUT2D eigenvalue weighted by Crippen LogP contribution is -2.39. The van der Waals surface area contributed by atoms with Crippen LogP contribution in [0, 0.1) is 11.7 Å². The van der Waals surface area contributed by atoms with Crippen LogP contribution in [0.1, 0.15) is 29.8 Å². The summed E-state index contributed by atoms with van der Waals surface area (Å²) in [4.78, 5) is 25.2. The van der Waals surface area contributed by atoms with Crippen LogP contribution in [0.5, 0.6) is 0 Å². The maximum Gasteiger partial charge on any atom is 0.289 e. The first-order chi connectivity index (χ1) is 11.5. The second-order valence-electron chi connectivity index (χ2n) is 6.08. The average molecular weight is 330 g/mol. The lowest BCUT2D eigenvalue weighted by Gasteiger charge is -2.30. The van der Waals surface area contributed by atoms with Crippen molar-refractivity contribution in [3.8, 4) is 11.3 Å². The van der Waals surface area contributed by atoms with Crippen LogP contribution in [0.4, 0.5) is 4.39 Å². The van der Waals surface area contributed by atoms with E-state index in [1.807, 2.05) is 0 Å². The second-order valence-corrected chi connectivity index (χ2v) is 6.08. The normalized spacial score (nSPS) is 15.5. The molecule has 0 unspecified atom stereocenters. The van der Waals surface area contributed by atoms with Crippen LogP contribution < -0.4 is 5.73 Å². The third-order valence-corrected chi connectivity index (χ3v) is 4.34. The van der Waals surface area contributed by atoms with Gasteiger partial charge in [0.2, 0.25) is 5.91 Å². The van der Waals surface area contributed by atoms with Gasteiger partial charge in [0, 0.05) is 25.1 Å². The number of carbonyl (C=O) groups is 2. The number of primary amides is 1. The molecule has 2 N–H and O–H groups in total. The molecule has 2 heterocycles. The van der Waals surface area contributed by atoms with Crippen molar-refractivity contribution >= 4 is 11.8 Å². The molecule has 0 spiro atoms. The molecule has 126 valence electrons. The minimum absolute atomic E-state index is 0.166. The van der Waals surface area contributed by atoms with Gasteiger partial charge in [0.05, 0.1) is 0 Å². The van der Waals surface area contributed by atoms with E-state index < -0.39 is 0 Å². The monoisotopic (exact) mass is 330 g/mol. The predicted molar refractivity (Wildman–Crippen MR) is 86.5 cm³/mol. The highest BCUT2D eigenvalue weighted by Gasteiger charge is 2.26. The molecule has 24 heavy (non-hydrogen) atoms. The minimum atomic E-state index is -0.319. The summed E-state index contributed by atoms with van der Waals surface area (Å²) in [5.74, 6) is 0.263. The highest BCUT2D eigenvalue weighted by atomic mass is 19.1. The van der Waals surface area contributed by atoms with Gasteiger partial charge in [0.1, 0.15) is 11.6 Å². The summed E-state index contributed by atoms with van der Waals surface area (Å²) in [6.45, 7) is 1.17. The zero-order valence-electron chi connectivity index (χ0n) is 13.2. The molecule has 1 fully saturated rings. The van der Waals surface area contributed by atoms with Gasteiger partial charge in [-0.3, -0.25) is 9.59 Å². The van der Waals surface area contributed by atoms with Gasteiger partial charge in [0.25, 0.3) is 5.91 Å². The van der Waals surface area contributed by atoms with E-state index in [4.69, 9.17) is 10.2 Å². The molecule has 0 aliphatic carbocycles. The van der Waals surface area contributed by atoms with E-state index in [0.29, 0.717) is 25.3 Å². The molecule has 0 radical (unpaired) electrons. The van der Waals surface area contributed by atoms with Gasteiger partial charge in [0.15, 0.2) is 5.76 Å². The van der Waals surface area contributed by atoms with E-state index in [2.05, 4.69) is 0 Å². The molecular formula is C18H19FN2O3. The van der Waals surface area contributed by atoms with Crippen molar-refractivity contribution in [3.63, 3.8) is 0 Å². The number of nitrogens with two attached hydrogens (primary N) is 1. The number of rotatable bonds is 4. The first kappa shape index (κ1) is 16.2. The van der Waals surface area contributed by atoms with Gasteiger partial charge in [-0.2, -0.15) is 0 Å². The van der Waals surface area contributed by atoms with Gasteiger partial charge in [-0.05, 0) is 55.2 Å². The van der Waals surface area contributed by atoms with Crippen LogP contribution in [0.2, 0.25) is 0 Å². The Morgan fingerprint density at radius 1 is 1.12 bits per heavy atom. The molecule has 2 aromatic rings. The maximum atomic E-state index is 13.0. The summed E-state index contributed by atoms with van der Waals surface area (Å²) >= 11 is 0. The number of carbonyl (C=O) groups excluding carboxylic acids is 2. The summed E-state index contributed by atoms with van der Waals surface area (Å²) in [6, 6.07) is 9.26. The minimum Gasteiger partial charge on any atom is -0.451 e. The van der Waals surface area contributed by atoms with E-state index in [1.165, 1.54) is 12.1 Å². The second kappa shape index (κ2) is 6.86. The standard InChI is InChI=1S/C18H19FN2O3/c19-14-3-1-13(2-4-14)15-5-6-16(24-15)18(23)21-9-7-12(8-10-21)11-17(20)22/h1-6,12H,7-11H2,(H2,20,22). The first-order valence-electron chi connectivity index (χ1n) is 7.96. The summed E-state index contributed by atoms with van der Waals surface area (Å²) in [7, 11) is 0. The van der Waals surface area contributed by atoms with Gasteiger partial charge in [-0.1, -0.05) is 0 Å². The highest BCUT2D eigenvalue weighted by Crippen LogP contribution is 2.25. The number of piperidine rings is 1. The average Bonchev–Trinajstić information content (AvgIpc) is 3.05. The van der Waals surface area contributed by atoms with E-state index >= 15 is 0 Å². The number of benzene rings is 1. The molecule has 6 heteroatoms. The predicted octanol–water partition coefficient (Wildman–Crippen LogP) is 2.81. The fourth-order valence-corrected chi connectivity index (χ4v) is 3.00. The summed E-state index contributed by atoms with van der Waals surface area (Å²) in [5, 5.41) is 0. The zero-order chi connectivity index (χ0) is 17.1. The summed E-state index contributed by atoms with van der Waals surface area (Å²) in [6.07, 6.45) is 1.90. The molecule has 1 aliphatic heterocycles. The van der Waals surface area contributed by atoms with Crippen LogP contribution >= 0.6 is 0 Å². The molecule has 2 amide bonds. The maximum absolute atomic E-state index is 13.0. The first-order valence-corrected chi connectivity index (χ1v) is 7.96. The van der Waals surface area contributed by atoms with Gasteiger partial charge in [-0.15, -0.1) is 0 Å². The Balaban J connectivity index is 1.64. The van der Waals surface area contributed by atoms with Crippen molar-refractivity contribution in [3.05, 3.63) is 48.0 Å². The van der Waals surface area contributed by atoms with Crippen LogP contribution in [0.3, 0.4) is 0 Å². The highest BCUT2D eigenvalue weighted by molar-refractivity contribution is 5.92. The molecule has 1 aromatic carbocycles. The van der Waals surface area contributed by atoms with Crippen molar-refractivity contribution < 1.29 is 18.4 Å². The number of hydrogen-bond acceptors (Lipinski definition) is 3. The topological polar surface area (TPSA) is 76.5 Å². The van der Waals surface area contributed by atoms with E-state index in [1.54, 1.807) is 29.2 Å². The van der Waals surface area contributed by atoms with Gasteiger partial charge >= 0.3 is 0 Å². The van der Waals surface area contributed by atoms with Crippen LogP contribution in [0.15, 0.2) is 40.8 Å². The third kappa shape index (κ3) is 3.64. The van der Waals surface area contributed by atoms with Crippen LogP contribution in [0.25, 0.3) is 11.3 Å². The smallest absolute Gasteiger partial charge is 0.289 e. The molecule has 0 bridgehead atoms. The van der Waals surface area contributed by atoms with Gasteiger partial charge in [-0.25, -0.2) is 4.39 Å². The molecule has 3 rings (SSSR count). The molecule has 1 aliphatic rings. The van der Waals surface area contributed by atoms with E-state index in [0.717, 1.165) is 18.4 Å². The molecule has 5 nitrogen and oxygen atoms in total. The molecule has 1 saturated heterocycles. The quantitative estimate of drug-likeness (QED) is 0.936. The van der Waals surface area contributed by atoms with Crippen molar-refractivity contribution in [1.82, 2.24) is 4.90 Å². The Morgan fingerprint density at radius 2 is 1.79 bits per heavy atom. The van der Waals surface area contributed by atoms with E-state index in [9.17, 15) is 14.0 Å². The Labute approximate surface area is 139 Å². The lowest BCUT2D eigenvalue weighted by atomic mass is 9.93. The number of nitrogens with zero attached hydrogens (tertiary/aromatic N) is 1. The van der Waals surface area contributed by atoms with Gasteiger partial charge < -0.3 is 15.1 Å². The fourth-order valence-electron chi connectivity index (χ4n) is 3.00. The largest absolute Gasteiger partial charge is 0.451 e. The van der Waals surface area contributed by atoms with Crippen LogP contribution in [-0.4, -0.2) is 29.8 Å². The lowest BCUT2D eigenvalue weighted by molar-refractivity contribution is -0.119. The Hall–Kier alpha value is -2.63. The molecule has 1 aromatic heterocycles. The van der Waals surface area contributed by atoms with Crippen molar-refractivity contribution in [2.24, 2.45) is 11.7 Å². The Morgan fingerprint density at radius 3 is 2.42 bits per heavy atom. The molecular weight excluding hydrogens is 311 g/mol. The molecule has 0 saturated carbocycles. The van der Waals surface area contributed by atoms with Crippen LogP contribution in [-0.2, 0) is 4.79 Å². The Bertz CT molecular complexity index is 731. The summed E-state index contributed by atoms with van der Waals surface area (Å²) in [5.41, 5.74) is 5.94. The summed E-state index contributed by atoms with van der Waals surface area (Å²) < 4.78 is 18.6. The van der Waals surface area contributed by atoms with Crippen molar-refractivity contribution in [2.45, 2.75) is 19.3 Å². The number of hydrogen-bond donors (Lipinski definition) is 1. The van der Waals surface area contributed by atoms with Crippen molar-refractivity contribution in [1.29, 1.82) is 0 Å². The van der Waals surface area contributed by atoms with Crippen molar-refractivity contribution in [2.75, 3.05) is 13.1 Å². The number of likely N-dealkylation sites (tertiary alicyclic amines) is 1. The third-order valence-electron chi connectivity index (χ3n) is 4.34. The number of halogens is 1. The zero-order valence-corrected chi connectivity index (χ0v) is 13.2. The number of furan rings is 1. The Kier molecular flexibility index (Phi) is 4.64. The molecule has 0 atom stereocenters.